The predicted octanol–water partition coefficient (Wildman–Crippen LogP) is 14.5. The number of aromatic nitrogens is 1. The highest BCUT2D eigenvalue weighted by Crippen LogP contribution is 2.43. The van der Waals surface area contributed by atoms with Gasteiger partial charge < -0.3 is 4.57 Å². The van der Waals surface area contributed by atoms with Crippen molar-refractivity contribution in [3.8, 4) is 39.1 Å². The van der Waals surface area contributed by atoms with E-state index in [9.17, 15) is 0 Å². The van der Waals surface area contributed by atoms with Crippen LogP contribution in [0.3, 0.4) is 0 Å². The first kappa shape index (κ1) is 31.5. The van der Waals surface area contributed by atoms with Crippen molar-refractivity contribution in [2.24, 2.45) is 0 Å². The summed E-state index contributed by atoms with van der Waals surface area (Å²) >= 11 is 0. The average Bonchev–Trinajstić information content (AvgIpc) is 3.53. The smallest absolute Gasteiger partial charge is 0.0547 e. The molecule has 0 aliphatic heterocycles. The SMILES string of the molecule is CCc1ccc(-c2ccc3ccc4c(-c5ccc(-n6c7ccccc7c7ccc(-c8ccc(C(C)(C)C)cc8)cc76)cc5)ccc5ccc2c3c54)cc1. The van der Waals surface area contributed by atoms with E-state index in [0.29, 0.717) is 0 Å². The van der Waals surface area contributed by atoms with Gasteiger partial charge in [-0.2, -0.15) is 0 Å². The van der Waals surface area contributed by atoms with E-state index < -0.39 is 0 Å². The van der Waals surface area contributed by atoms with Crippen LogP contribution in [-0.4, -0.2) is 4.57 Å². The van der Waals surface area contributed by atoms with Crippen LogP contribution in [0.1, 0.15) is 38.8 Å². The zero-order valence-corrected chi connectivity index (χ0v) is 30.7. The molecule has 0 aliphatic carbocycles. The van der Waals surface area contributed by atoms with E-state index in [-0.39, 0.29) is 5.41 Å². The number of benzene rings is 9. The second-order valence-corrected chi connectivity index (χ2v) is 15.7. The fraction of sp³-hybridized carbons (Fsp3) is 0.115. The van der Waals surface area contributed by atoms with Gasteiger partial charge in [0.1, 0.15) is 0 Å². The van der Waals surface area contributed by atoms with Crippen LogP contribution in [0.2, 0.25) is 0 Å². The maximum Gasteiger partial charge on any atom is 0.0547 e. The van der Waals surface area contributed by atoms with Crippen molar-refractivity contribution in [1.29, 1.82) is 0 Å². The number of aryl methyl sites for hydroxylation is 1. The predicted molar refractivity (Wildman–Crippen MR) is 229 cm³/mol. The molecule has 0 saturated carbocycles. The molecule has 1 heteroatoms. The van der Waals surface area contributed by atoms with Crippen molar-refractivity contribution in [3.63, 3.8) is 0 Å². The van der Waals surface area contributed by atoms with Crippen molar-refractivity contribution < 1.29 is 0 Å². The maximum absolute atomic E-state index is 2.43. The Kier molecular flexibility index (Phi) is 7.10. The van der Waals surface area contributed by atoms with Gasteiger partial charge in [0.15, 0.2) is 0 Å². The third kappa shape index (κ3) is 5.06. The van der Waals surface area contributed by atoms with Gasteiger partial charge in [-0.3, -0.25) is 0 Å². The molecule has 0 amide bonds. The largest absolute Gasteiger partial charge is 0.309 e. The van der Waals surface area contributed by atoms with Crippen molar-refractivity contribution in [1.82, 2.24) is 4.57 Å². The summed E-state index contributed by atoms with van der Waals surface area (Å²) in [5, 5.41) is 10.4. The molecule has 1 heterocycles. The minimum atomic E-state index is 0.129. The Labute approximate surface area is 311 Å². The first-order valence-electron chi connectivity index (χ1n) is 18.9. The summed E-state index contributed by atoms with van der Waals surface area (Å²) in [5.41, 5.74) is 14.0. The second kappa shape index (κ2) is 11.9. The maximum atomic E-state index is 2.43. The molecule has 1 nitrogen and oxygen atoms in total. The first-order valence-corrected chi connectivity index (χ1v) is 18.9. The molecule has 9 aromatic carbocycles. The zero-order chi connectivity index (χ0) is 35.8. The zero-order valence-electron chi connectivity index (χ0n) is 30.7. The van der Waals surface area contributed by atoms with Gasteiger partial charge in [0.25, 0.3) is 0 Å². The summed E-state index contributed by atoms with van der Waals surface area (Å²) in [6.07, 6.45) is 1.05. The summed E-state index contributed by atoms with van der Waals surface area (Å²) in [6.45, 7) is 9.02. The van der Waals surface area contributed by atoms with Gasteiger partial charge in [-0.25, -0.2) is 0 Å². The molecule has 0 radical (unpaired) electrons. The molecule has 254 valence electrons. The highest BCUT2D eigenvalue weighted by molar-refractivity contribution is 6.27. The van der Waals surface area contributed by atoms with Crippen molar-refractivity contribution >= 4 is 54.1 Å². The molecule has 0 fully saturated rings. The molecular weight excluding hydrogens is 639 g/mol. The van der Waals surface area contributed by atoms with Crippen molar-refractivity contribution in [2.45, 2.75) is 39.5 Å². The fourth-order valence-electron chi connectivity index (χ4n) is 8.61. The van der Waals surface area contributed by atoms with Crippen LogP contribution >= 0.6 is 0 Å². The van der Waals surface area contributed by atoms with Gasteiger partial charge >= 0.3 is 0 Å². The molecule has 53 heavy (non-hydrogen) atoms. The number of rotatable bonds is 5. The minimum Gasteiger partial charge on any atom is -0.309 e. The van der Waals surface area contributed by atoms with E-state index in [2.05, 4.69) is 196 Å². The van der Waals surface area contributed by atoms with Crippen molar-refractivity contribution in [2.75, 3.05) is 0 Å². The van der Waals surface area contributed by atoms with Gasteiger partial charge in [0.2, 0.25) is 0 Å². The van der Waals surface area contributed by atoms with E-state index >= 15 is 0 Å². The van der Waals surface area contributed by atoms with Crippen LogP contribution < -0.4 is 0 Å². The van der Waals surface area contributed by atoms with Gasteiger partial charge in [0.05, 0.1) is 11.0 Å². The number of para-hydroxylation sites is 1. The van der Waals surface area contributed by atoms with Crippen LogP contribution in [0.4, 0.5) is 0 Å². The lowest BCUT2D eigenvalue weighted by atomic mass is 9.86. The van der Waals surface area contributed by atoms with Crippen LogP contribution in [-0.2, 0) is 11.8 Å². The quantitative estimate of drug-likeness (QED) is 0.160. The lowest BCUT2D eigenvalue weighted by Gasteiger charge is -2.19. The molecule has 0 N–H and O–H groups in total. The molecule has 0 saturated heterocycles. The van der Waals surface area contributed by atoms with Gasteiger partial charge in [-0.15, -0.1) is 0 Å². The molecule has 0 unspecified atom stereocenters. The summed E-state index contributed by atoms with van der Waals surface area (Å²) in [5.74, 6) is 0. The minimum absolute atomic E-state index is 0.129. The van der Waals surface area contributed by atoms with Gasteiger partial charge in [0, 0.05) is 16.5 Å². The van der Waals surface area contributed by atoms with E-state index in [1.807, 2.05) is 0 Å². The van der Waals surface area contributed by atoms with E-state index in [1.54, 1.807) is 0 Å². The van der Waals surface area contributed by atoms with E-state index in [4.69, 9.17) is 0 Å². The van der Waals surface area contributed by atoms with Crippen LogP contribution in [0, 0.1) is 0 Å². The molecule has 0 aliphatic rings. The number of hydrogen-bond acceptors (Lipinski definition) is 0. The Hall–Kier alpha value is -6.18. The Balaban J connectivity index is 1.09. The van der Waals surface area contributed by atoms with Crippen LogP contribution in [0.5, 0.6) is 0 Å². The van der Waals surface area contributed by atoms with Gasteiger partial charge in [-0.1, -0.05) is 167 Å². The molecular formula is C52H41N. The fourth-order valence-corrected chi connectivity index (χ4v) is 8.61. The lowest BCUT2D eigenvalue weighted by molar-refractivity contribution is 0.590. The van der Waals surface area contributed by atoms with E-state index in [1.165, 1.54) is 98.6 Å². The Morgan fingerprint density at radius 3 is 1.55 bits per heavy atom. The number of fused-ring (bicyclic) bond motifs is 3. The Morgan fingerprint density at radius 1 is 0.434 bits per heavy atom. The number of nitrogens with zero attached hydrogens (tertiary/aromatic N) is 1. The highest BCUT2D eigenvalue weighted by atomic mass is 15.0. The standard InChI is InChI=1S/C52H41N/c1-5-33-10-12-35(13-11-33)42-27-18-37-21-31-47-43(28-19-38-20-30-46(42)50(37)51(38)47)36-16-25-41(26-17-36)53-48-9-7-6-8-44(48)45-29-22-39(32-49(45)53)34-14-23-40(24-15-34)52(2,3)4/h6-32H,5H2,1-4H3. The molecule has 0 bridgehead atoms. The summed E-state index contributed by atoms with van der Waals surface area (Å²) in [7, 11) is 0. The third-order valence-corrected chi connectivity index (χ3v) is 11.5. The topological polar surface area (TPSA) is 4.93 Å². The monoisotopic (exact) mass is 679 g/mol. The second-order valence-electron chi connectivity index (χ2n) is 15.7. The first-order chi connectivity index (χ1) is 25.9. The Bertz CT molecular complexity index is 2970. The highest BCUT2D eigenvalue weighted by Gasteiger charge is 2.18. The Morgan fingerprint density at radius 2 is 0.943 bits per heavy atom. The normalized spacial score (nSPS) is 12.2. The van der Waals surface area contributed by atoms with Crippen LogP contribution in [0.15, 0.2) is 164 Å². The molecule has 10 rings (SSSR count). The number of hydrogen-bond donors (Lipinski definition) is 0. The summed E-state index contributed by atoms with van der Waals surface area (Å²) < 4.78 is 2.43. The molecule has 1 aromatic heterocycles. The molecule has 0 spiro atoms. The summed E-state index contributed by atoms with van der Waals surface area (Å²) in [6, 6.07) is 61.5. The summed E-state index contributed by atoms with van der Waals surface area (Å²) in [4.78, 5) is 0. The lowest BCUT2D eigenvalue weighted by Crippen LogP contribution is -2.10. The third-order valence-electron chi connectivity index (χ3n) is 11.5. The van der Waals surface area contributed by atoms with Gasteiger partial charge in [-0.05, 0) is 113 Å². The van der Waals surface area contributed by atoms with Crippen LogP contribution in [0.25, 0.3) is 93.2 Å². The van der Waals surface area contributed by atoms with Crippen molar-refractivity contribution in [3.05, 3.63) is 175 Å². The molecule has 0 atom stereocenters. The average molecular weight is 680 g/mol. The van der Waals surface area contributed by atoms with E-state index in [0.717, 1.165) is 12.1 Å². The molecule has 10 aromatic rings.